The second kappa shape index (κ2) is 32.0. The Morgan fingerprint density at radius 3 is 1.40 bits per heavy atom. The molecule has 0 bridgehead atoms. The van der Waals surface area contributed by atoms with Crippen molar-refractivity contribution in [2.45, 2.75) is 244 Å². The van der Waals surface area contributed by atoms with Gasteiger partial charge in [-0.2, -0.15) is 0 Å². The van der Waals surface area contributed by atoms with E-state index in [2.05, 4.69) is 19.2 Å². The van der Waals surface area contributed by atoms with Gasteiger partial charge in [0.05, 0.1) is 12.6 Å². The normalized spacial score (nSPS) is 21.1. The monoisotopic (exact) mass is 740 g/mol. The van der Waals surface area contributed by atoms with Crippen LogP contribution in [0, 0.1) is 5.92 Å². The minimum Gasteiger partial charge on any atom is -0.394 e. The zero-order valence-corrected chi connectivity index (χ0v) is 34.3. The van der Waals surface area contributed by atoms with Crippen LogP contribution in [0.15, 0.2) is 0 Å². The van der Waals surface area contributed by atoms with Gasteiger partial charge >= 0.3 is 0 Å². The van der Waals surface area contributed by atoms with Crippen molar-refractivity contribution in [1.29, 1.82) is 0 Å². The highest BCUT2D eigenvalue weighted by Gasteiger charge is 2.48. The van der Waals surface area contributed by atoms with Gasteiger partial charge in [0.1, 0.15) is 24.4 Å². The second-order valence-corrected chi connectivity index (χ2v) is 16.2. The van der Waals surface area contributed by atoms with E-state index < -0.39 is 49.1 Å². The summed E-state index contributed by atoms with van der Waals surface area (Å²) < 4.78 is 6.13. The molecule has 0 aliphatic carbocycles. The average Bonchev–Trinajstić information content (AvgIpc) is 3.13. The summed E-state index contributed by atoms with van der Waals surface area (Å²) in [5.74, 6) is -0.698. The van der Waals surface area contributed by atoms with E-state index in [1.807, 2.05) is 13.8 Å². The Morgan fingerprint density at radius 2 is 1.02 bits per heavy atom. The number of hydrogen-bond donors (Lipinski definition) is 5. The Balaban J connectivity index is 2.67. The van der Waals surface area contributed by atoms with Crippen LogP contribution >= 0.6 is 0 Å². The van der Waals surface area contributed by atoms with Crippen LogP contribution in [0.1, 0.15) is 207 Å². The first-order valence-corrected chi connectivity index (χ1v) is 22.2. The van der Waals surface area contributed by atoms with Crippen LogP contribution in [0.3, 0.4) is 0 Å². The molecule has 52 heavy (non-hydrogen) atoms. The summed E-state index contributed by atoms with van der Waals surface area (Å²) in [5, 5.41) is 34.7. The molecule has 1 fully saturated rings. The SMILES string of the molecule is CCCCCCCCCCCCCCCCCCN(C(=O)CCCCCCCCCCCCC)[C@@H]1O[C@H](CO)[C@@H](O)[C@H](O)[C@H]1NC(=O)[C@@H](N)C(C)C. The first-order chi connectivity index (χ1) is 25.2. The van der Waals surface area contributed by atoms with E-state index in [-0.39, 0.29) is 11.8 Å². The van der Waals surface area contributed by atoms with Crippen LogP contribution in [0.2, 0.25) is 0 Å². The smallest absolute Gasteiger partial charge is 0.237 e. The number of amides is 2. The van der Waals surface area contributed by atoms with Crippen molar-refractivity contribution < 1.29 is 29.6 Å². The molecule has 9 heteroatoms. The van der Waals surface area contributed by atoms with Crippen LogP contribution in [-0.4, -0.2) is 81.8 Å². The molecule has 0 aromatic heterocycles. The molecule has 0 radical (unpaired) electrons. The van der Waals surface area contributed by atoms with E-state index in [0.717, 1.165) is 38.5 Å². The third-order valence-electron chi connectivity index (χ3n) is 11.1. The molecule has 308 valence electrons. The van der Waals surface area contributed by atoms with Gasteiger partial charge in [-0.3, -0.25) is 9.59 Å². The van der Waals surface area contributed by atoms with E-state index in [9.17, 15) is 24.9 Å². The number of hydrogen-bond acceptors (Lipinski definition) is 7. The van der Waals surface area contributed by atoms with Crippen molar-refractivity contribution in [3.8, 4) is 0 Å². The number of aliphatic hydroxyl groups excluding tert-OH is 3. The standard InChI is InChI=1S/C43H85N3O6/c1-5-7-9-11-13-15-17-18-19-20-21-23-25-27-29-31-33-46(37(48)32-30-28-26-24-22-16-14-12-10-8-6-2)43-39(45-42(51)38(44)35(3)4)41(50)40(49)36(34-47)52-43/h35-36,38-41,43,47,49-50H,5-34,44H2,1-4H3,(H,45,51)/t36-,38+,39-,40-,41-,43-/m1/s1. The van der Waals surface area contributed by atoms with E-state index in [1.54, 1.807) is 4.90 Å². The van der Waals surface area contributed by atoms with Gasteiger partial charge in [0, 0.05) is 13.0 Å². The van der Waals surface area contributed by atoms with E-state index >= 15 is 0 Å². The lowest BCUT2D eigenvalue weighted by molar-refractivity contribution is -0.231. The number of ether oxygens (including phenoxy) is 1. The molecule has 0 aromatic carbocycles. The number of nitrogens with zero attached hydrogens (tertiary/aromatic N) is 1. The van der Waals surface area contributed by atoms with Gasteiger partial charge in [-0.05, 0) is 18.8 Å². The number of carbonyl (C=O) groups excluding carboxylic acids is 2. The van der Waals surface area contributed by atoms with Crippen molar-refractivity contribution in [3.05, 3.63) is 0 Å². The molecule has 0 aromatic rings. The van der Waals surface area contributed by atoms with E-state index in [4.69, 9.17) is 10.5 Å². The Bertz CT molecular complexity index is 861. The van der Waals surface area contributed by atoms with Gasteiger partial charge in [0.15, 0.2) is 6.23 Å². The minimum atomic E-state index is -1.43. The molecule has 1 rings (SSSR count). The summed E-state index contributed by atoms with van der Waals surface area (Å²) in [4.78, 5) is 28.6. The molecule has 1 aliphatic heterocycles. The van der Waals surface area contributed by atoms with Gasteiger partial charge in [-0.15, -0.1) is 0 Å². The fourth-order valence-electron chi connectivity index (χ4n) is 7.39. The predicted octanol–water partition coefficient (Wildman–Crippen LogP) is 8.68. The summed E-state index contributed by atoms with van der Waals surface area (Å²) in [5.41, 5.74) is 6.13. The predicted molar refractivity (Wildman–Crippen MR) is 215 cm³/mol. The van der Waals surface area contributed by atoms with Crippen molar-refractivity contribution in [2.75, 3.05) is 13.2 Å². The Kier molecular flexibility index (Phi) is 30.0. The fraction of sp³-hybridized carbons (Fsp3) is 0.953. The number of nitrogens with two attached hydrogens (primary N) is 1. The number of nitrogens with one attached hydrogen (secondary N) is 1. The maximum atomic E-state index is 13.9. The molecule has 2 amide bonds. The molecule has 6 N–H and O–H groups in total. The molecular weight excluding hydrogens is 654 g/mol. The molecule has 1 aliphatic rings. The Hall–Kier alpha value is -1.26. The second-order valence-electron chi connectivity index (χ2n) is 16.2. The summed E-state index contributed by atoms with van der Waals surface area (Å²) in [6.45, 7) is 8.10. The molecular formula is C43H85N3O6. The van der Waals surface area contributed by atoms with Crippen LogP contribution in [-0.2, 0) is 14.3 Å². The highest BCUT2D eigenvalue weighted by molar-refractivity contribution is 5.82. The van der Waals surface area contributed by atoms with Crippen LogP contribution in [0.25, 0.3) is 0 Å². The molecule has 6 atom stereocenters. The Labute approximate surface area is 320 Å². The quantitative estimate of drug-likeness (QED) is 0.0415. The van der Waals surface area contributed by atoms with Crippen molar-refractivity contribution in [2.24, 2.45) is 11.7 Å². The fourth-order valence-corrected chi connectivity index (χ4v) is 7.39. The summed E-state index contributed by atoms with van der Waals surface area (Å²) in [7, 11) is 0. The van der Waals surface area contributed by atoms with Crippen LogP contribution in [0.5, 0.6) is 0 Å². The average molecular weight is 740 g/mol. The first-order valence-electron chi connectivity index (χ1n) is 22.2. The largest absolute Gasteiger partial charge is 0.394 e. The lowest BCUT2D eigenvalue weighted by atomic mass is 9.94. The molecule has 0 saturated carbocycles. The summed E-state index contributed by atoms with van der Waals surface area (Å²) in [6.07, 6.45) is 28.7. The van der Waals surface area contributed by atoms with Gasteiger partial charge in [0.25, 0.3) is 0 Å². The van der Waals surface area contributed by atoms with Gasteiger partial charge in [0.2, 0.25) is 11.8 Å². The minimum absolute atomic E-state index is 0.0884. The molecule has 9 nitrogen and oxygen atoms in total. The summed E-state index contributed by atoms with van der Waals surface area (Å²) >= 11 is 0. The van der Waals surface area contributed by atoms with Crippen molar-refractivity contribution in [3.63, 3.8) is 0 Å². The van der Waals surface area contributed by atoms with Crippen LogP contribution in [0.4, 0.5) is 0 Å². The molecule has 0 spiro atoms. The van der Waals surface area contributed by atoms with E-state index in [0.29, 0.717) is 13.0 Å². The maximum Gasteiger partial charge on any atom is 0.237 e. The zero-order chi connectivity index (χ0) is 38.4. The molecule has 1 saturated heterocycles. The third kappa shape index (κ3) is 21.6. The van der Waals surface area contributed by atoms with Gasteiger partial charge in [-0.25, -0.2) is 0 Å². The third-order valence-corrected chi connectivity index (χ3v) is 11.1. The maximum absolute atomic E-state index is 13.9. The topological polar surface area (TPSA) is 145 Å². The molecule has 1 heterocycles. The first kappa shape index (κ1) is 48.8. The van der Waals surface area contributed by atoms with E-state index in [1.165, 1.54) is 135 Å². The molecule has 0 unspecified atom stereocenters. The van der Waals surface area contributed by atoms with Crippen LogP contribution < -0.4 is 11.1 Å². The lowest BCUT2D eigenvalue weighted by Gasteiger charge is -2.47. The van der Waals surface area contributed by atoms with Gasteiger partial charge < -0.3 is 36.0 Å². The lowest BCUT2D eigenvalue weighted by Crippen LogP contribution is -2.69. The highest BCUT2D eigenvalue weighted by atomic mass is 16.5. The van der Waals surface area contributed by atoms with Gasteiger partial charge in [-0.1, -0.05) is 188 Å². The van der Waals surface area contributed by atoms with Crippen molar-refractivity contribution in [1.82, 2.24) is 10.2 Å². The Morgan fingerprint density at radius 1 is 0.635 bits per heavy atom. The number of unbranched alkanes of at least 4 members (excludes halogenated alkanes) is 25. The van der Waals surface area contributed by atoms with Crippen molar-refractivity contribution >= 4 is 11.8 Å². The zero-order valence-electron chi connectivity index (χ0n) is 34.3. The highest BCUT2D eigenvalue weighted by Crippen LogP contribution is 2.26. The number of carbonyl (C=O) groups is 2. The number of aliphatic hydroxyl groups is 3. The number of rotatable bonds is 34. The summed E-state index contributed by atoms with van der Waals surface area (Å²) in [6, 6.07) is -1.89.